The smallest absolute Gasteiger partial charge is 0.0735 e. The summed E-state index contributed by atoms with van der Waals surface area (Å²) in [6.07, 6.45) is 3.05. The van der Waals surface area contributed by atoms with Crippen LogP contribution in [0.1, 0.15) is 18.4 Å². The molecule has 0 N–H and O–H groups in total. The second-order valence-corrected chi connectivity index (χ2v) is 8.50. The molecule has 3 saturated heterocycles. The molecule has 0 saturated carbocycles. The fourth-order valence-electron chi connectivity index (χ4n) is 4.38. The number of nitrogens with zero attached hydrogens (tertiary/aromatic N) is 2. The van der Waals surface area contributed by atoms with Crippen molar-refractivity contribution in [3.8, 4) is 0 Å². The van der Waals surface area contributed by atoms with E-state index in [1.807, 2.05) is 11.8 Å². The molecule has 133 valence electrons. The summed E-state index contributed by atoms with van der Waals surface area (Å²) >= 11 is 1.87. The van der Waals surface area contributed by atoms with Crippen LogP contribution in [0.15, 0.2) is 52.3 Å². The van der Waals surface area contributed by atoms with Gasteiger partial charge in [-0.25, -0.2) is 0 Å². The van der Waals surface area contributed by atoms with Crippen molar-refractivity contribution >= 4 is 31.5 Å². The highest BCUT2D eigenvalue weighted by Gasteiger charge is 2.34. The number of fused-ring (bicyclic) bond motifs is 5. The first-order valence-corrected chi connectivity index (χ1v) is 10.1. The second-order valence-electron chi connectivity index (χ2n) is 7.42. The molecule has 1 atom stereocenters. The SMILES string of the molecule is CN1c2ccccc2Sc2cc(CO[C@H]3CN4CCC3CC4)ccc21.[B]. The van der Waals surface area contributed by atoms with Crippen molar-refractivity contribution in [2.45, 2.75) is 35.3 Å². The lowest BCUT2D eigenvalue weighted by molar-refractivity contribution is -0.0766. The standard InChI is InChI=1S/C21H24N2OS.B/c1-22-17-4-2-3-5-20(17)25-21-12-15(6-7-18(21)22)14-24-19-13-23-10-8-16(19)9-11-23;/h2-7,12,16,19H,8-11,13-14H2,1H3;/t19-;/m0./s1. The fourth-order valence-corrected chi connectivity index (χ4v) is 5.59. The molecule has 26 heavy (non-hydrogen) atoms. The molecule has 4 aliphatic heterocycles. The van der Waals surface area contributed by atoms with Crippen LogP contribution in [-0.2, 0) is 11.3 Å². The molecule has 3 nitrogen and oxygen atoms in total. The highest BCUT2D eigenvalue weighted by atomic mass is 32.2. The maximum atomic E-state index is 6.33. The predicted molar refractivity (Wildman–Crippen MR) is 109 cm³/mol. The van der Waals surface area contributed by atoms with Gasteiger partial charge in [0.15, 0.2) is 0 Å². The van der Waals surface area contributed by atoms with Crippen molar-refractivity contribution in [3.05, 3.63) is 48.0 Å². The van der Waals surface area contributed by atoms with Gasteiger partial charge in [0.05, 0.1) is 24.1 Å². The van der Waals surface area contributed by atoms with Gasteiger partial charge in [-0.15, -0.1) is 0 Å². The van der Waals surface area contributed by atoms with Crippen molar-refractivity contribution in [3.63, 3.8) is 0 Å². The Morgan fingerprint density at radius 3 is 2.58 bits per heavy atom. The van der Waals surface area contributed by atoms with Crippen LogP contribution in [0, 0.1) is 5.92 Å². The minimum Gasteiger partial charge on any atom is -0.372 e. The van der Waals surface area contributed by atoms with Crippen LogP contribution in [-0.4, -0.2) is 46.1 Å². The largest absolute Gasteiger partial charge is 0.372 e. The minimum absolute atomic E-state index is 0. The molecular formula is C21H24BN2OS. The molecule has 5 heteroatoms. The summed E-state index contributed by atoms with van der Waals surface area (Å²) in [6, 6.07) is 15.4. The lowest BCUT2D eigenvalue weighted by Crippen LogP contribution is -2.51. The van der Waals surface area contributed by atoms with Crippen molar-refractivity contribution in [2.75, 3.05) is 31.6 Å². The maximum Gasteiger partial charge on any atom is 0.0735 e. The second kappa shape index (κ2) is 7.30. The van der Waals surface area contributed by atoms with Crippen LogP contribution in [0.4, 0.5) is 11.4 Å². The number of hydrogen-bond donors (Lipinski definition) is 0. The van der Waals surface area contributed by atoms with Gasteiger partial charge in [0, 0.05) is 31.8 Å². The fraction of sp³-hybridized carbons (Fsp3) is 0.429. The van der Waals surface area contributed by atoms with E-state index < -0.39 is 0 Å². The Bertz CT molecular complexity index is 791. The maximum absolute atomic E-state index is 6.33. The van der Waals surface area contributed by atoms with Crippen LogP contribution in [0.3, 0.4) is 0 Å². The van der Waals surface area contributed by atoms with Crippen LogP contribution < -0.4 is 4.90 Å². The van der Waals surface area contributed by atoms with Gasteiger partial charge in [-0.05, 0) is 61.7 Å². The van der Waals surface area contributed by atoms with Crippen molar-refractivity contribution in [1.82, 2.24) is 4.90 Å². The van der Waals surface area contributed by atoms with Crippen LogP contribution in [0.25, 0.3) is 0 Å². The first kappa shape index (κ1) is 18.0. The van der Waals surface area contributed by atoms with Gasteiger partial charge in [0.2, 0.25) is 0 Å². The Morgan fingerprint density at radius 2 is 1.81 bits per heavy atom. The van der Waals surface area contributed by atoms with Gasteiger partial charge in [-0.1, -0.05) is 30.0 Å². The van der Waals surface area contributed by atoms with Gasteiger partial charge in [-0.3, -0.25) is 0 Å². The summed E-state index contributed by atoms with van der Waals surface area (Å²) in [4.78, 5) is 7.50. The van der Waals surface area contributed by atoms with E-state index in [9.17, 15) is 0 Å². The molecule has 2 bridgehead atoms. The average Bonchev–Trinajstić information content (AvgIpc) is 2.67. The molecular weight excluding hydrogens is 339 g/mol. The van der Waals surface area contributed by atoms with Crippen molar-refractivity contribution < 1.29 is 4.74 Å². The van der Waals surface area contributed by atoms with E-state index >= 15 is 0 Å². The lowest BCUT2D eigenvalue weighted by atomic mass is 9.86. The summed E-state index contributed by atoms with van der Waals surface area (Å²) in [7, 11) is 2.15. The number of hydrogen-bond acceptors (Lipinski definition) is 4. The number of piperidine rings is 3. The molecule has 3 radical (unpaired) electrons. The molecule has 0 aliphatic carbocycles. The third-order valence-electron chi connectivity index (χ3n) is 5.89. The molecule has 0 aromatic heterocycles. The van der Waals surface area contributed by atoms with E-state index in [4.69, 9.17) is 4.74 Å². The van der Waals surface area contributed by atoms with E-state index in [2.05, 4.69) is 59.3 Å². The Hall–Kier alpha value is -1.43. The molecule has 2 aromatic rings. The Balaban J connectivity index is 0.00000168. The summed E-state index contributed by atoms with van der Waals surface area (Å²) in [6.45, 7) is 4.40. The normalized spacial score (nSPS) is 26.0. The third kappa shape index (κ3) is 3.17. The molecule has 6 rings (SSSR count). The number of ether oxygens (including phenoxy) is 1. The number of benzene rings is 2. The molecule has 0 amide bonds. The zero-order chi connectivity index (χ0) is 16.8. The Morgan fingerprint density at radius 1 is 1.04 bits per heavy atom. The van der Waals surface area contributed by atoms with Gasteiger partial charge >= 0.3 is 0 Å². The summed E-state index contributed by atoms with van der Waals surface area (Å²) in [5, 5.41) is 0. The van der Waals surface area contributed by atoms with Crippen molar-refractivity contribution in [1.29, 1.82) is 0 Å². The van der Waals surface area contributed by atoms with E-state index in [0.717, 1.165) is 19.1 Å². The molecule has 4 heterocycles. The lowest BCUT2D eigenvalue weighted by Gasteiger charge is -2.44. The molecule has 0 unspecified atom stereocenters. The van der Waals surface area contributed by atoms with E-state index in [0.29, 0.717) is 6.10 Å². The van der Waals surface area contributed by atoms with Crippen LogP contribution >= 0.6 is 11.8 Å². The highest BCUT2D eigenvalue weighted by molar-refractivity contribution is 7.99. The Kier molecular flexibility index (Phi) is 5.04. The zero-order valence-electron chi connectivity index (χ0n) is 15.2. The number of para-hydroxylation sites is 1. The summed E-state index contributed by atoms with van der Waals surface area (Å²) < 4.78 is 6.33. The number of anilines is 2. The van der Waals surface area contributed by atoms with Gasteiger partial charge in [0.25, 0.3) is 0 Å². The van der Waals surface area contributed by atoms with E-state index in [1.54, 1.807) is 0 Å². The topological polar surface area (TPSA) is 15.7 Å². The van der Waals surface area contributed by atoms with E-state index in [-0.39, 0.29) is 8.41 Å². The third-order valence-corrected chi connectivity index (χ3v) is 7.00. The van der Waals surface area contributed by atoms with E-state index in [1.165, 1.54) is 52.7 Å². The number of rotatable bonds is 3. The summed E-state index contributed by atoms with van der Waals surface area (Å²) in [5.74, 6) is 0.773. The average molecular weight is 363 g/mol. The zero-order valence-corrected chi connectivity index (χ0v) is 16.0. The highest BCUT2D eigenvalue weighted by Crippen LogP contribution is 2.47. The van der Waals surface area contributed by atoms with Gasteiger partial charge < -0.3 is 14.5 Å². The monoisotopic (exact) mass is 363 g/mol. The molecule has 3 fully saturated rings. The van der Waals surface area contributed by atoms with Crippen LogP contribution in [0.2, 0.25) is 0 Å². The van der Waals surface area contributed by atoms with Gasteiger partial charge in [0.1, 0.15) is 0 Å². The first-order valence-electron chi connectivity index (χ1n) is 9.25. The first-order chi connectivity index (χ1) is 12.3. The van der Waals surface area contributed by atoms with Crippen molar-refractivity contribution in [2.24, 2.45) is 5.92 Å². The minimum atomic E-state index is 0. The summed E-state index contributed by atoms with van der Waals surface area (Å²) in [5.41, 5.74) is 3.86. The predicted octanol–water partition coefficient (Wildman–Crippen LogP) is 4.15. The van der Waals surface area contributed by atoms with Crippen LogP contribution in [0.5, 0.6) is 0 Å². The van der Waals surface area contributed by atoms with Gasteiger partial charge in [-0.2, -0.15) is 0 Å². The molecule has 4 aliphatic rings. The Labute approximate surface area is 162 Å². The molecule has 2 aromatic carbocycles. The molecule has 0 spiro atoms. The quantitative estimate of drug-likeness (QED) is 0.761.